The zero-order chi connectivity index (χ0) is 13.7. The van der Waals surface area contributed by atoms with Crippen molar-refractivity contribution in [2.24, 2.45) is 5.92 Å². The maximum Gasteiger partial charge on any atom is 0.161 e. The van der Waals surface area contributed by atoms with Gasteiger partial charge in [-0.15, -0.1) is 11.6 Å². The summed E-state index contributed by atoms with van der Waals surface area (Å²) in [5.74, 6) is 2.36. The van der Waals surface area contributed by atoms with Gasteiger partial charge in [-0.1, -0.05) is 12.1 Å². The van der Waals surface area contributed by atoms with Gasteiger partial charge < -0.3 is 14.4 Å². The Kier molecular flexibility index (Phi) is 5.34. The minimum absolute atomic E-state index is 0.406. The number of halogens is 1. The third kappa shape index (κ3) is 4.29. The highest BCUT2D eigenvalue weighted by atomic mass is 35.5. The summed E-state index contributed by atoms with van der Waals surface area (Å²) in [5, 5.41) is 0.406. The summed E-state index contributed by atoms with van der Waals surface area (Å²) in [6.07, 6.45) is 2.30. The van der Waals surface area contributed by atoms with Gasteiger partial charge in [-0.05, 0) is 37.9 Å². The number of benzene rings is 1. The van der Waals surface area contributed by atoms with Crippen LogP contribution in [0.4, 0.5) is 0 Å². The van der Waals surface area contributed by atoms with Crippen molar-refractivity contribution in [3.05, 3.63) is 24.3 Å². The van der Waals surface area contributed by atoms with Gasteiger partial charge in [0.2, 0.25) is 0 Å². The van der Waals surface area contributed by atoms with Crippen molar-refractivity contribution in [1.29, 1.82) is 0 Å². The number of likely N-dealkylation sites (N-methyl/N-ethyl adjacent to an activating group) is 1. The van der Waals surface area contributed by atoms with Crippen LogP contribution in [0.15, 0.2) is 24.3 Å². The van der Waals surface area contributed by atoms with E-state index in [1.54, 1.807) is 7.11 Å². The fraction of sp³-hybridized carbons (Fsp3) is 0.600. The molecule has 19 heavy (non-hydrogen) atoms. The van der Waals surface area contributed by atoms with E-state index in [0.29, 0.717) is 12.0 Å². The van der Waals surface area contributed by atoms with E-state index in [2.05, 4.69) is 11.9 Å². The number of methoxy groups -OCH3 is 1. The Hall–Kier alpha value is -0.930. The van der Waals surface area contributed by atoms with Crippen molar-refractivity contribution >= 4 is 11.6 Å². The van der Waals surface area contributed by atoms with Crippen molar-refractivity contribution in [2.75, 3.05) is 33.9 Å². The third-order valence-corrected chi connectivity index (χ3v) is 3.90. The molecule has 1 aromatic rings. The maximum atomic E-state index is 5.99. The molecule has 0 heterocycles. The monoisotopic (exact) mass is 283 g/mol. The number of ether oxygens (including phenoxy) is 2. The van der Waals surface area contributed by atoms with Crippen LogP contribution in [0.2, 0.25) is 0 Å². The molecule has 106 valence electrons. The van der Waals surface area contributed by atoms with Gasteiger partial charge in [-0.25, -0.2) is 0 Å². The lowest BCUT2D eigenvalue weighted by Crippen LogP contribution is -2.36. The summed E-state index contributed by atoms with van der Waals surface area (Å²) in [6, 6.07) is 7.74. The summed E-state index contributed by atoms with van der Waals surface area (Å²) >= 11 is 5.99. The first-order valence-electron chi connectivity index (χ1n) is 6.77. The molecule has 0 aliphatic heterocycles. The molecule has 0 atom stereocenters. The molecule has 0 unspecified atom stereocenters. The predicted octanol–water partition coefficient (Wildman–Crippen LogP) is 3.02. The summed E-state index contributed by atoms with van der Waals surface area (Å²) < 4.78 is 11.0. The van der Waals surface area contributed by atoms with Crippen LogP contribution in [0.1, 0.15) is 12.8 Å². The normalized spacial score (nSPS) is 22.1. The Morgan fingerprint density at radius 3 is 2.58 bits per heavy atom. The van der Waals surface area contributed by atoms with Crippen molar-refractivity contribution in [3.8, 4) is 11.5 Å². The van der Waals surface area contributed by atoms with E-state index in [4.69, 9.17) is 21.1 Å². The first-order chi connectivity index (χ1) is 9.19. The number of alkyl halides is 1. The second-order valence-corrected chi connectivity index (χ2v) is 5.81. The molecule has 1 saturated carbocycles. The van der Waals surface area contributed by atoms with Gasteiger partial charge in [0.05, 0.1) is 7.11 Å². The largest absolute Gasteiger partial charge is 0.493 e. The van der Waals surface area contributed by atoms with Gasteiger partial charge in [0.25, 0.3) is 0 Å². The summed E-state index contributed by atoms with van der Waals surface area (Å²) in [5.41, 5.74) is 0. The van der Waals surface area contributed by atoms with E-state index in [0.717, 1.165) is 43.3 Å². The van der Waals surface area contributed by atoms with Crippen molar-refractivity contribution in [2.45, 2.75) is 18.2 Å². The van der Waals surface area contributed by atoms with Gasteiger partial charge in [-0.3, -0.25) is 0 Å². The molecule has 3 nitrogen and oxygen atoms in total. The number of rotatable bonds is 7. The molecule has 0 N–H and O–H groups in total. The lowest BCUT2D eigenvalue weighted by Gasteiger charge is -2.34. The minimum Gasteiger partial charge on any atom is -0.493 e. The second kappa shape index (κ2) is 7.01. The molecule has 1 fully saturated rings. The van der Waals surface area contributed by atoms with E-state index >= 15 is 0 Å². The summed E-state index contributed by atoms with van der Waals surface area (Å²) in [6.45, 7) is 2.70. The fourth-order valence-electron chi connectivity index (χ4n) is 2.38. The lowest BCUT2D eigenvalue weighted by atomic mass is 9.84. The van der Waals surface area contributed by atoms with Gasteiger partial charge >= 0.3 is 0 Å². The van der Waals surface area contributed by atoms with Crippen LogP contribution >= 0.6 is 11.6 Å². The van der Waals surface area contributed by atoms with E-state index < -0.39 is 0 Å². The van der Waals surface area contributed by atoms with Crippen LogP contribution < -0.4 is 9.47 Å². The maximum absolute atomic E-state index is 5.99. The molecule has 4 heteroatoms. The molecule has 0 bridgehead atoms. The predicted molar refractivity (Wildman–Crippen MR) is 78.4 cm³/mol. The molecule has 0 amide bonds. The summed E-state index contributed by atoms with van der Waals surface area (Å²) in [4.78, 5) is 2.31. The molecule has 1 aliphatic rings. The topological polar surface area (TPSA) is 21.7 Å². The van der Waals surface area contributed by atoms with Crippen molar-refractivity contribution in [3.63, 3.8) is 0 Å². The van der Waals surface area contributed by atoms with E-state index in [1.165, 1.54) is 0 Å². The first-order valence-corrected chi connectivity index (χ1v) is 7.21. The van der Waals surface area contributed by atoms with E-state index in [1.807, 2.05) is 24.3 Å². The van der Waals surface area contributed by atoms with Crippen molar-refractivity contribution < 1.29 is 9.47 Å². The Bertz CT molecular complexity index is 393. The van der Waals surface area contributed by atoms with E-state index in [-0.39, 0.29) is 0 Å². The molecule has 1 aromatic carbocycles. The Labute approximate surface area is 120 Å². The van der Waals surface area contributed by atoms with Gasteiger partial charge in [0.15, 0.2) is 11.5 Å². The fourth-order valence-corrected chi connectivity index (χ4v) is 2.89. The standard InChI is InChI=1S/C15H22ClNO2/c1-17(11-12-9-13(16)10-12)7-8-19-15-6-4-3-5-14(15)18-2/h3-6,12-13H,7-11H2,1-2H3. The van der Waals surface area contributed by atoms with Crippen LogP contribution in [-0.2, 0) is 0 Å². The molecular weight excluding hydrogens is 262 g/mol. The highest BCUT2D eigenvalue weighted by molar-refractivity contribution is 6.21. The average molecular weight is 284 g/mol. The smallest absolute Gasteiger partial charge is 0.161 e. The molecule has 0 spiro atoms. The number of hydrogen-bond acceptors (Lipinski definition) is 3. The van der Waals surface area contributed by atoms with Gasteiger partial charge in [0.1, 0.15) is 6.61 Å². The molecule has 0 radical (unpaired) electrons. The molecule has 0 saturated heterocycles. The average Bonchev–Trinajstić information content (AvgIpc) is 2.37. The zero-order valence-electron chi connectivity index (χ0n) is 11.6. The highest BCUT2D eigenvalue weighted by Gasteiger charge is 2.27. The lowest BCUT2D eigenvalue weighted by molar-refractivity contribution is 0.178. The Morgan fingerprint density at radius 1 is 1.26 bits per heavy atom. The minimum atomic E-state index is 0.406. The molecule has 0 aromatic heterocycles. The second-order valence-electron chi connectivity index (χ2n) is 5.20. The summed E-state index contributed by atoms with van der Waals surface area (Å²) in [7, 11) is 3.79. The third-order valence-electron chi connectivity index (χ3n) is 3.55. The Balaban J connectivity index is 1.68. The number of hydrogen-bond donors (Lipinski definition) is 0. The van der Waals surface area contributed by atoms with Crippen LogP contribution in [0.3, 0.4) is 0 Å². The van der Waals surface area contributed by atoms with Gasteiger partial charge in [0, 0.05) is 18.5 Å². The first kappa shape index (κ1) is 14.5. The van der Waals surface area contributed by atoms with Crippen LogP contribution in [0, 0.1) is 5.92 Å². The van der Waals surface area contributed by atoms with Crippen LogP contribution in [0.25, 0.3) is 0 Å². The Morgan fingerprint density at radius 2 is 1.95 bits per heavy atom. The van der Waals surface area contributed by atoms with Gasteiger partial charge in [-0.2, -0.15) is 0 Å². The molecule has 1 aliphatic carbocycles. The molecular formula is C15H22ClNO2. The number of nitrogens with zero attached hydrogens (tertiary/aromatic N) is 1. The van der Waals surface area contributed by atoms with E-state index in [9.17, 15) is 0 Å². The zero-order valence-corrected chi connectivity index (χ0v) is 12.4. The van der Waals surface area contributed by atoms with Crippen molar-refractivity contribution in [1.82, 2.24) is 4.90 Å². The van der Waals surface area contributed by atoms with Crippen LogP contribution in [-0.4, -0.2) is 44.1 Å². The highest BCUT2D eigenvalue weighted by Crippen LogP contribution is 2.32. The quantitative estimate of drug-likeness (QED) is 0.718. The number of para-hydroxylation sites is 2. The van der Waals surface area contributed by atoms with Crippen LogP contribution in [0.5, 0.6) is 11.5 Å². The SMILES string of the molecule is COc1ccccc1OCCN(C)CC1CC(Cl)C1. The molecule has 2 rings (SSSR count).